The van der Waals surface area contributed by atoms with Crippen LogP contribution in [-0.4, -0.2) is 57.2 Å². The lowest BCUT2D eigenvalue weighted by Gasteiger charge is -2.55. The standard InChI is InChI=1S/C18H37N3O3S.HI/c1-8-18(9-2)14(12-15(18)24-11-4)21-16(19-10-3)20-13-17(5,6)25(7,22)23;/h14-15H,8-13H2,1-7H3,(H2,19,20,21);1H. The highest BCUT2D eigenvalue weighted by Crippen LogP contribution is 2.48. The third kappa shape index (κ3) is 5.70. The molecule has 156 valence electrons. The first-order valence-electron chi connectivity index (χ1n) is 9.44. The number of nitrogens with zero attached hydrogens (tertiary/aromatic N) is 1. The molecule has 0 heterocycles. The van der Waals surface area contributed by atoms with Crippen LogP contribution < -0.4 is 10.6 Å². The molecule has 26 heavy (non-hydrogen) atoms. The summed E-state index contributed by atoms with van der Waals surface area (Å²) in [5, 5.41) is 6.77. The number of rotatable bonds is 9. The smallest absolute Gasteiger partial charge is 0.191 e. The average Bonchev–Trinajstić information content (AvgIpc) is 2.51. The second-order valence-electron chi connectivity index (χ2n) is 7.54. The number of hydrogen-bond donors (Lipinski definition) is 2. The minimum absolute atomic E-state index is 0. The Morgan fingerprint density at radius 2 is 1.81 bits per heavy atom. The van der Waals surface area contributed by atoms with Crippen LogP contribution in [0.1, 0.15) is 60.8 Å². The van der Waals surface area contributed by atoms with E-state index in [4.69, 9.17) is 4.74 Å². The molecule has 0 aromatic rings. The predicted octanol–water partition coefficient (Wildman–Crippen LogP) is 2.97. The van der Waals surface area contributed by atoms with E-state index in [2.05, 4.69) is 29.5 Å². The van der Waals surface area contributed by atoms with Crippen molar-refractivity contribution in [3.8, 4) is 0 Å². The van der Waals surface area contributed by atoms with Crippen molar-refractivity contribution in [2.24, 2.45) is 10.4 Å². The molecule has 0 aromatic carbocycles. The topological polar surface area (TPSA) is 79.8 Å². The van der Waals surface area contributed by atoms with Crippen LogP contribution in [0.5, 0.6) is 0 Å². The third-order valence-electron chi connectivity index (χ3n) is 5.75. The Bertz CT molecular complexity index is 560. The molecule has 2 atom stereocenters. The fourth-order valence-electron chi connectivity index (χ4n) is 3.46. The van der Waals surface area contributed by atoms with Crippen LogP contribution in [0.4, 0.5) is 0 Å². The highest BCUT2D eigenvalue weighted by Gasteiger charge is 2.53. The van der Waals surface area contributed by atoms with Gasteiger partial charge in [-0.2, -0.15) is 0 Å². The van der Waals surface area contributed by atoms with Crippen LogP contribution in [0.2, 0.25) is 0 Å². The number of halogens is 1. The number of ether oxygens (including phenoxy) is 1. The van der Waals surface area contributed by atoms with Gasteiger partial charge in [-0.25, -0.2) is 8.42 Å². The zero-order valence-corrected chi connectivity index (χ0v) is 20.5. The summed E-state index contributed by atoms with van der Waals surface area (Å²) in [5.74, 6) is 0.686. The van der Waals surface area contributed by atoms with Gasteiger partial charge in [-0.3, -0.25) is 4.99 Å². The van der Waals surface area contributed by atoms with E-state index in [9.17, 15) is 8.42 Å². The summed E-state index contributed by atoms with van der Waals surface area (Å²) in [6.07, 6.45) is 4.58. The normalized spacial score (nSPS) is 23.0. The van der Waals surface area contributed by atoms with E-state index >= 15 is 0 Å². The Morgan fingerprint density at radius 3 is 2.23 bits per heavy atom. The lowest BCUT2D eigenvalue weighted by Crippen LogP contribution is -2.65. The fraction of sp³-hybridized carbons (Fsp3) is 0.944. The molecule has 0 amide bonds. The van der Waals surface area contributed by atoms with Crippen molar-refractivity contribution in [3.63, 3.8) is 0 Å². The predicted molar refractivity (Wildman–Crippen MR) is 120 cm³/mol. The maximum atomic E-state index is 11.9. The molecule has 1 aliphatic carbocycles. The van der Waals surface area contributed by atoms with Gasteiger partial charge in [0.15, 0.2) is 15.8 Å². The summed E-state index contributed by atoms with van der Waals surface area (Å²) in [7, 11) is -3.16. The second-order valence-corrected chi connectivity index (χ2v) is 10.2. The Labute approximate surface area is 177 Å². The molecular weight excluding hydrogens is 465 g/mol. The Balaban J connectivity index is 0.00000625. The zero-order chi connectivity index (χ0) is 19.3. The van der Waals surface area contributed by atoms with E-state index in [0.29, 0.717) is 5.96 Å². The number of aliphatic imine (C=N–C) groups is 1. The van der Waals surface area contributed by atoms with E-state index in [1.807, 2.05) is 13.8 Å². The molecular formula is C18H38IN3O3S. The van der Waals surface area contributed by atoms with Gasteiger partial charge in [0.2, 0.25) is 0 Å². The second kappa shape index (κ2) is 10.5. The molecule has 1 saturated carbocycles. The molecule has 2 N–H and O–H groups in total. The van der Waals surface area contributed by atoms with Crippen molar-refractivity contribution in [1.82, 2.24) is 10.6 Å². The van der Waals surface area contributed by atoms with Gasteiger partial charge in [0.05, 0.1) is 17.4 Å². The van der Waals surface area contributed by atoms with Crippen molar-refractivity contribution in [3.05, 3.63) is 0 Å². The van der Waals surface area contributed by atoms with Crippen molar-refractivity contribution in [2.45, 2.75) is 77.7 Å². The van der Waals surface area contributed by atoms with Crippen LogP contribution in [-0.2, 0) is 14.6 Å². The van der Waals surface area contributed by atoms with Gasteiger partial charge in [-0.15, -0.1) is 24.0 Å². The van der Waals surface area contributed by atoms with Crippen molar-refractivity contribution < 1.29 is 13.2 Å². The number of guanidine groups is 1. The maximum absolute atomic E-state index is 11.9. The van der Waals surface area contributed by atoms with Gasteiger partial charge in [-0.1, -0.05) is 13.8 Å². The van der Waals surface area contributed by atoms with E-state index in [-0.39, 0.29) is 48.1 Å². The van der Waals surface area contributed by atoms with E-state index < -0.39 is 14.6 Å². The van der Waals surface area contributed by atoms with Gasteiger partial charge in [-0.05, 0) is 47.0 Å². The summed E-state index contributed by atoms with van der Waals surface area (Å²) >= 11 is 0. The van der Waals surface area contributed by atoms with E-state index in [1.54, 1.807) is 13.8 Å². The number of nitrogens with one attached hydrogen (secondary N) is 2. The van der Waals surface area contributed by atoms with Gasteiger partial charge < -0.3 is 15.4 Å². The van der Waals surface area contributed by atoms with Crippen molar-refractivity contribution in [1.29, 1.82) is 0 Å². The largest absolute Gasteiger partial charge is 0.378 e. The number of sulfone groups is 1. The molecule has 2 unspecified atom stereocenters. The van der Waals surface area contributed by atoms with Crippen LogP contribution in [0.15, 0.2) is 4.99 Å². The van der Waals surface area contributed by atoms with Gasteiger partial charge >= 0.3 is 0 Å². The van der Waals surface area contributed by atoms with Gasteiger partial charge in [0.1, 0.15) is 0 Å². The fourth-order valence-corrected chi connectivity index (χ4v) is 3.75. The molecule has 0 saturated heterocycles. The average molecular weight is 503 g/mol. The minimum Gasteiger partial charge on any atom is -0.378 e. The molecule has 8 heteroatoms. The quantitative estimate of drug-likeness (QED) is 0.287. The first-order valence-corrected chi connectivity index (χ1v) is 11.3. The molecule has 1 fully saturated rings. The molecule has 0 bridgehead atoms. The summed E-state index contributed by atoms with van der Waals surface area (Å²) < 4.78 is 28.8. The Kier molecular flexibility index (Phi) is 10.4. The summed E-state index contributed by atoms with van der Waals surface area (Å²) in [5.41, 5.74) is 0.110. The van der Waals surface area contributed by atoms with Crippen molar-refractivity contribution in [2.75, 3.05) is 26.0 Å². The Morgan fingerprint density at radius 1 is 1.23 bits per heavy atom. The van der Waals surface area contributed by atoms with E-state index in [1.165, 1.54) is 6.26 Å². The highest BCUT2D eigenvalue weighted by molar-refractivity contribution is 14.0. The first-order chi connectivity index (χ1) is 11.6. The molecule has 6 nitrogen and oxygen atoms in total. The van der Waals surface area contributed by atoms with Crippen LogP contribution >= 0.6 is 24.0 Å². The monoisotopic (exact) mass is 503 g/mol. The molecule has 0 aliphatic heterocycles. The Hall–Kier alpha value is -0.0900. The van der Waals surface area contributed by atoms with Crippen LogP contribution in [0.3, 0.4) is 0 Å². The summed E-state index contributed by atoms with van der Waals surface area (Å²) in [6, 6.07) is 0.290. The molecule has 0 aromatic heterocycles. The first kappa shape index (κ1) is 25.9. The molecule has 1 rings (SSSR count). The zero-order valence-electron chi connectivity index (χ0n) is 17.4. The van der Waals surface area contributed by atoms with Crippen molar-refractivity contribution >= 4 is 39.8 Å². The summed E-state index contributed by atoms with van der Waals surface area (Å²) in [6.45, 7) is 13.6. The lowest BCUT2D eigenvalue weighted by atomic mass is 9.58. The molecule has 1 aliphatic rings. The molecule has 0 spiro atoms. The molecule has 0 radical (unpaired) electrons. The van der Waals surface area contributed by atoms with Crippen LogP contribution in [0, 0.1) is 5.41 Å². The van der Waals surface area contributed by atoms with Gasteiger partial charge in [0.25, 0.3) is 0 Å². The SMILES string of the molecule is CCNC(=NCC(C)(C)S(C)(=O)=O)NC1CC(OCC)C1(CC)CC.I. The lowest BCUT2D eigenvalue weighted by molar-refractivity contribution is -0.133. The van der Waals surface area contributed by atoms with Crippen LogP contribution in [0.25, 0.3) is 0 Å². The minimum atomic E-state index is -3.16. The van der Waals surface area contributed by atoms with Gasteiger partial charge in [0, 0.05) is 30.9 Å². The summed E-state index contributed by atoms with van der Waals surface area (Å²) in [4.78, 5) is 4.55. The number of hydrogen-bond acceptors (Lipinski definition) is 4. The maximum Gasteiger partial charge on any atom is 0.191 e. The van der Waals surface area contributed by atoms with E-state index in [0.717, 1.165) is 32.4 Å². The highest BCUT2D eigenvalue weighted by atomic mass is 127. The third-order valence-corrected chi connectivity index (χ3v) is 7.88.